The van der Waals surface area contributed by atoms with Gasteiger partial charge in [0, 0.05) is 31.1 Å². The molecule has 0 unspecified atom stereocenters. The van der Waals surface area contributed by atoms with Crippen LogP contribution in [0.1, 0.15) is 30.2 Å². The molecule has 0 aliphatic carbocycles. The summed E-state index contributed by atoms with van der Waals surface area (Å²) in [5, 5.41) is 6.65. The average molecular weight is 372 g/mol. The fourth-order valence-corrected chi connectivity index (χ4v) is 4.13. The van der Waals surface area contributed by atoms with Gasteiger partial charge >= 0.3 is 0 Å². The third-order valence-electron chi connectivity index (χ3n) is 4.69. The molecule has 1 saturated heterocycles. The summed E-state index contributed by atoms with van der Waals surface area (Å²) in [5.41, 5.74) is 0.768. The summed E-state index contributed by atoms with van der Waals surface area (Å²) in [5.74, 6) is -0.0785. The number of nitrogens with one attached hydrogen (secondary N) is 2. The first-order valence-electron chi connectivity index (χ1n) is 8.76. The van der Waals surface area contributed by atoms with E-state index in [1.807, 2.05) is 25.1 Å². The molecule has 6 nitrogen and oxygen atoms in total. The van der Waals surface area contributed by atoms with Crippen LogP contribution >= 0.6 is 11.3 Å². The minimum Gasteiger partial charge on any atom is -0.347 e. The molecule has 2 aromatic rings. The van der Waals surface area contributed by atoms with Gasteiger partial charge in [-0.2, -0.15) is 0 Å². The summed E-state index contributed by atoms with van der Waals surface area (Å²) >= 11 is 1.47. The molecule has 0 radical (unpaired) electrons. The Balaban J connectivity index is 1.61. The molecule has 1 fully saturated rings. The van der Waals surface area contributed by atoms with Gasteiger partial charge in [-0.3, -0.25) is 14.5 Å². The van der Waals surface area contributed by atoms with Gasteiger partial charge < -0.3 is 10.6 Å². The standard InChI is InChI=1S/C19H24N4O2S/c1-14-12-20-18(26-14)21-17(25)13-23-10-8-19(9-11-23,22-15(2)24)16-6-4-3-5-7-16/h3-7,12H,8-11,13H2,1-2H3,(H,22,24)(H,20,21,25). The van der Waals surface area contributed by atoms with Gasteiger partial charge in [-0.05, 0) is 25.3 Å². The van der Waals surface area contributed by atoms with E-state index in [-0.39, 0.29) is 17.4 Å². The lowest BCUT2D eigenvalue weighted by Gasteiger charge is -2.42. The highest BCUT2D eigenvalue weighted by atomic mass is 32.1. The van der Waals surface area contributed by atoms with Gasteiger partial charge in [-0.15, -0.1) is 11.3 Å². The second kappa shape index (κ2) is 7.97. The normalized spacial score (nSPS) is 16.8. The van der Waals surface area contributed by atoms with Crippen LogP contribution in [0, 0.1) is 6.92 Å². The number of piperidine rings is 1. The minimum atomic E-state index is -0.355. The van der Waals surface area contributed by atoms with Crippen LogP contribution in [-0.4, -0.2) is 41.3 Å². The number of carbonyl (C=O) groups excluding carboxylic acids is 2. The van der Waals surface area contributed by atoms with E-state index >= 15 is 0 Å². The topological polar surface area (TPSA) is 74.3 Å². The van der Waals surface area contributed by atoms with Gasteiger partial charge in [0.2, 0.25) is 11.8 Å². The molecule has 0 spiro atoms. The van der Waals surface area contributed by atoms with Crippen LogP contribution in [0.5, 0.6) is 0 Å². The maximum Gasteiger partial charge on any atom is 0.240 e. The first-order valence-corrected chi connectivity index (χ1v) is 9.57. The van der Waals surface area contributed by atoms with Crippen LogP contribution in [0.3, 0.4) is 0 Å². The van der Waals surface area contributed by atoms with E-state index in [2.05, 4.69) is 32.7 Å². The van der Waals surface area contributed by atoms with E-state index in [9.17, 15) is 9.59 Å². The summed E-state index contributed by atoms with van der Waals surface area (Å²) in [4.78, 5) is 31.4. The van der Waals surface area contributed by atoms with E-state index in [1.165, 1.54) is 11.3 Å². The number of hydrogen-bond donors (Lipinski definition) is 2. The number of benzene rings is 1. The number of hydrogen-bond acceptors (Lipinski definition) is 5. The van der Waals surface area contributed by atoms with Crippen LogP contribution in [0.4, 0.5) is 5.13 Å². The number of anilines is 1. The molecule has 138 valence electrons. The summed E-state index contributed by atoms with van der Waals surface area (Å²) in [6, 6.07) is 10.1. The smallest absolute Gasteiger partial charge is 0.240 e. The van der Waals surface area contributed by atoms with E-state index in [0.717, 1.165) is 36.4 Å². The number of likely N-dealkylation sites (tertiary alicyclic amines) is 1. The molecule has 0 bridgehead atoms. The highest BCUT2D eigenvalue weighted by Crippen LogP contribution is 2.33. The number of nitrogens with zero attached hydrogens (tertiary/aromatic N) is 2. The maximum atomic E-state index is 12.2. The van der Waals surface area contributed by atoms with Gasteiger partial charge in [0.1, 0.15) is 0 Å². The number of amides is 2. The lowest BCUT2D eigenvalue weighted by molar-refractivity contribution is -0.122. The number of aromatic nitrogens is 1. The molecule has 3 rings (SSSR count). The van der Waals surface area contributed by atoms with Crippen molar-refractivity contribution in [1.29, 1.82) is 0 Å². The molecular formula is C19H24N4O2S. The third kappa shape index (κ3) is 4.47. The second-order valence-corrected chi connectivity index (χ2v) is 7.96. The maximum absolute atomic E-state index is 12.2. The molecule has 0 saturated carbocycles. The molecule has 1 aliphatic rings. The van der Waals surface area contributed by atoms with Gasteiger partial charge in [0.25, 0.3) is 0 Å². The Morgan fingerprint density at radius 3 is 2.50 bits per heavy atom. The molecule has 26 heavy (non-hydrogen) atoms. The van der Waals surface area contributed by atoms with Crippen LogP contribution in [0.25, 0.3) is 0 Å². The Kier molecular flexibility index (Phi) is 5.68. The Morgan fingerprint density at radius 2 is 1.92 bits per heavy atom. The van der Waals surface area contributed by atoms with Crippen molar-refractivity contribution in [3.63, 3.8) is 0 Å². The van der Waals surface area contributed by atoms with Crippen LogP contribution in [0.15, 0.2) is 36.5 Å². The summed E-state index contributed by atoms with van der Waals surface area (Å²) in [6.45, 7) is 5.35. The number of aryl methyl sites for hydroxylation is 1. The number of rotatable bonds is 5. The monoisotopic (exact) mass is 372 g/mol. The fraction of sp³-hybridized carbons (Fsp3) is 0.421. The third-order valence-corrected chi connectivity index (χ3v) is 5.51. The van der Waals surface area contributed by atoms with E-state index < -0.39 is 0 Å². The molecule has 1 aromatic heterocycles. The zero-order valence-electron chi connectivity index (χ0n) is 15.1. The molecule has 1 aliphatic heterocycles. The lowest BCUT2D eigenvalue weighted by atomic mass is 9.80. The highest BCUT2D eigenvalue weighted by molar-refractivity contribution is 7.15. The number of carbonyl (C=O) groups is 2. The van der Waals surface area contributed by atoms with Crippen molar-refractivity contribution in [3.8, 4) is 0 Å². The highest BCUT2D eigenvalue weighted by Gasteiger charge is 2.37. The Labute approximate surface area is 157 Å². The largest absolute Gasteiger partial charge is 0.347 e. The SMILES string of the molecule is CC(=O)NC1(c2ccccc2)CCN(CC(=O)Nc2ncc(C)s2)CC1. The minimum absolute atomic E-state index is 0.0285. The predicted octanol–water partition coefficient (Wildman–Crippen LogP) is 2.52. The summed E-state index contributed by atoms with van der Waals surface area (Å²) < 4.78 is 0. The Hall–Kier alpha value is -2.25. The molecule has 2 heterocycles. The molecule has 1 aromatic carbocycles. The van der Waals surface area contributed by atoms with Gasteiger partial charge in [-0.25, -0.2) is 4.98 Å². The average Bonchev–Trinajstić information content (AvgIpc) is 3.02. The van der Waals surface area contributed by atoms with Crippen LogP contribution in [-0.2, 0) is 15.1 Å². The zero-order valence-corrected chi connectivity index (χ0v) is 15.9. The molecule has 0 atom stereocenters. The van der Waals surface area contributed by atoms with Crippen molar-refractivity contribution in [3.05, 3.63) is 47.0 Å². The van der Waals surface area contributed by atoms with Crippen molar-refractivity contribution in [2.24, 2.45) is 0 Å². The Bertz CT molecular complexity index is 767. The van der Waals surface area contributed by atoms with Crippen molar-refractivity contribution >= 4 is 28.3 Å². The van der Waals surface area contributed by atoms with E-state index in [0.29, 0.717) is 11.7 Å². The zero-order chi connectivity index (χ0) is 18.6. The second-order valence-electron chi connectivity index (χ2n) is 6.73. The molecule has 2 amide bonds. The van der Waals surface area contributed by atoms with E-state index in [1.54, 1.807) is 13.1 Å². The van der Waals surface area contributed by atoms with Gasteiger partial charge in [0.05, 0.1) is 12.1 Å². The lowest BCUT2D eigenvalue weighted by Crippen LogP contribution is -2.53. The van der Waals surface area contributed by atoms with Crippen LogP contribution < -0.4 is 10.6 Å². The van der Waals surface area contributed by atoms with Crippen molar-refractivity contribution < 1.29 is 9.59 Å². The molecule has 2 N–H and O–H groups in total. The Morgan fingerprint density at radius 1 is 1.23 bits per heavy atom. The predicted molar refractivity (Wildman–Crippen MR) is 103 cm³/mol. The van der Waals surface area contributed by atoms with Crippen molar-refractivity contribution in [2.75, 3.05) is 25.0 Å². The first kappa shape index (κ1) is 18.5. The summed E-state index contributed by atoms with van der Waals surface area (Å²) in [7, 11) is 0. The van der Waals surface area contributed by atoms with Crippen molar-refractivity contribution in [2.45, 2.75) is 32.2 Å². The van der Waals surface area contributed by atoms with Crippen molar-refractivity contribution in [1.82, 2.24) is 15.2 Å². The van der Waals surface area contributed by atoms with Gasteiger partial charge in [-0.1, -0.05) is 30.3 Å². The number of thiazole rings is 1. The van der Waals surface area contributed by atoms with Crippen LogP contribution in [0.2, 0.25) is 0 Å². The van der Waals surface area contributed by atoms with Gasteiger partial charge in [0.15, 0.2) is 5.13 Å². The first-order chi connectivity index (χ1) is 12.5. The van der Waals surface area contributed by atoms with E-state index in [4.69, 9.17) is 0 Å². The summed E-state index contributed by atoms with van der Waals surface area (Å²) in [6.07, 6.45) is 3.31. The quantitative estimate of drug-likeness (QED) is 0.846. The molecule has 7 heteroatoms. The fourth-order valence-electron chi connectivity index (χ4n) is 3.45. The molecular weight excluding hydrogens is 348 g/mol.